The molecule has 0 aliphatic heterocycles. The van der Waals surface area contributed by atoms with Gasteiger partial charge in [0.05, 0.1) is 22.1 Å². The average Bonchev–Trinajstić information content (AvgIpc) is 2.81. The number of aryl methyl sites for hydroxylation is 3. The zero-order valence-electron chi connectivity index (χ0n) is 19.8. The van der Waals surface area contributed by atoms with Gasteiger partial charge in [-0.1, -0.05) is 47.7 Å². The van der Waals surface area contributed by atoms with E-state index in [4.69, 9.17) is 0 Å². The Balaban J connectivity index is 1.67. The molecule has 2 aromatic carbocycles. The van der Waals surface area contributed by atoms with Gasteiger partial charge in [-0.3, -0.25) is 14.9 Å². The minimum absolute atomic E-state index is 0.165. The van der Waals surface area contributed by atoms with Crippen molar-refractivity contribution in [1.29, 1.82) is 5.26 Å². The summed E-state index contributed by atoms with van der Waals surface area (Å²) in [4.78, 5) is 42.0. The number of hydrogen-bond acceptors (Lipinski definition) is 6. The Morgan fingerprint density at radius 2 is 1.71 bits per heavy atom. The molecule has 0 radical (unpaired) electrons. The van der Waals surface area contributed by atoms with Crippen LogP contribution in [0.1, 0.15) is 39.7 Å². The number of imide groups is 1. The van der Waals surface area contributed by atoms with Gasteiger partial charge in [-0.15, -0.1) is 0 Å². The second kappa shape index (κ2) is 11.3. The Hall–Kier alpha value is -4.16. The van der Waals surface area contributed by atoms with Crippen molar-refractivity contribution in [2.45, 2.75) is 38.0 Å². The normalized spacial score (nSPS) is 11.2. The zero-order valence-corrected chi connectivity index (χ0v) is 20.6. The third kappa shape index (κ3) is 6.68. The van der Waals surface area contributed by atoms with Crippen LogP contribution in [0.5, 0.6) is 0 Å². The second-order valence-electron chi connectivity index (χ2n) is 7.93. The summed E-state index contributed by atoms with van der Waals surface area (Å²) in [5, 5.41) is 17.0. The number of nitriles is 1. The molecule has 0 fully saturated rings. The lowest BCUT2D eigenvalue weighted by atomic mass is 10.1. The molecule has 0 aliphatic carbocycles. The number of carbonyl (C=O) groups excluding carboxylic acids is 3. The molecular weight excluding hydrogens is 462 g/mol. The Morgan fingerprint density at radius 3 is 2.37 bits per heavy atom. The maximum atomic E-state index is 12.7. The summed E-state index contributed by atoms with van der Waals surface area (Å²) >= 11 is 1.04. The highest BCUT2D eigenvalue weighted by atomic mass is 32.2. The van der Waals surface area contributed by atoms with Crippen LogP contribution in [-0.2, 0) is 4.79 Å². The molecule has 3 N–H and O–H groups in total. The van der Waals surface area contributed by atoms with Gasteiger partial charge >= 0.3 is 6.03 Å². The molecule has 0 spiro atoms. The number of urea groups is 1. The standard InChI is InChI=1S/C26H25N5O3S/c1-15-10-11-22(16(2)12-15)30-26(34)31-23(32)18(4)35-25-19(14-27)13-21(17(3)28-25)24(33)29-20-8-6-5-7-9-20/h5-13,18H,1-4H3,(H,29,33)(H2,30,31,32,34). The summed E-state index contributed by atoms with van der Waals surface area (Å²) in [7, 11) is 0. The lowest BCUT2D eigenvalue weighted by Crippen LogP contribution is -2.39. The highest BCUT2D eigenvalue weighted by Crippen LogP contribution is 2.27. The SMILES string of the molecule is Cc1ccc(NC(=O)NC(=O)C(C)Sc2nc(C)c(C(=O)Nc3ccccc3)cc2C#N)c(C)c1. The monoisotopic (exact) mass is 487 g/mol. The van der Waals surface area contributed by atoms with Crippen LogP contribution >= 0.6 is 11.8 Å². The third-order valence-corrected chi connectivity index (χ3v) is 6.20. The molecule has 35 heavy (non-hydrogen) atoms. The van der Waals surface area contributed by atoms with E-state index >= 15 is 0 Å². The first kappa shape index (κ1) is 25.5. The lowest BCUT2D eigenvalue weighted by molar-refractivity contribution is -0.119. The molecule has 0 saturated carbocycles. The largest absolute Gasteiger partial charge is 0.325 e. The summed E-state index contributed by atoms with van der Waals surface area (Å²) < 4.78 is 0. The number of nitrogens with one attached hydrogen (secondary N) is 3. The highest BCUT2D eigenvalue weighted by molar-refractivity contribution is 8.00. The van der Waals surface area contributed by atoms with Gasteiger partial charge in [-0.05, 0) is 57.5 Å². The van der Waals surface area contributed by atoms with Crippen LogP contribution < -0.4 is 16.0 Å². The van der Waals surface area contributed by atoms with Crippen LogP contribution in [-0.4, -0.2) is 28.1 Å². The maximum absolute atomic E-state index is 12.7. The molecule has 0 saturated heterocycles. The smallest absolute Gasteiger partial charge is 0.322 e. The zero-order chi connectivity index (χ0) is 25.5. The van der Waals surface area contributed by atoms with Crippen molar-refractivity contribution < 1.29 is 14.4 Å². The molecule has 1 heterocycles. The average molecular weight is 488 g/mol. The number of rotatable bonds is 6. The van der Waals surface area contributed by atoms with Crippen LogP contribution in [0, 0.1) is 32.1 Å². The van der Waals surface area contributed by atoms with Crippen molar-refractivity contribution in [3.8, 4) is 6.07 Å². The predicted octanol–water partition coefficient (Wildman–Crippen LogP) is 4.96. The molecule has 3 aromatic rings. The van der Waals surface area contributed by atoms with Gasteiger partial charge in [-0.2, -0.15) is 5.26 Å². The van der Waals surface area contributed by atoms with E-state index in [1.807, 2.05) is 38.1 Å². The minimum atomic E-state index is -0.720. The van der Waals surface area contributed by atoms with E-state index in [9.17, 15) is 19.6 Å². The van der Waals surface area contributed by atoms with E-state index in [0.29, 0.717) is 22.1 Å². The maximum Gasteiger partial charge on any atom is 0.325 e. The molecular formula is C26H25N5O3S. The fraction of sp³-hybridized carbons (Fsp3) is 0.192. The molecule has 0 aliphatic rings. The van der Waals surface area contributed by atoms with E-state index in [0.717, 1.165) is 22.9 Å². The topological polar surface area (TPSA) is 124 Å². The van der Waals surface area contributed by atoms with Crippen LogP contribution in [0.15, 0.2) is 59.6 Å². The lowest BCUT2D eigenvalue weighted by Gasteiger charge is -2.14. The quantitative estimate of drug-likeness (QED) is 0.422. The first-order chi connectivity index (χ1) is 16.7. The molecule has 4 amide bonds. The summed E-state index contributed by atoms with van der Waals surface area (Å²) in [5.74, 6) is -0.922. The van der Waals surface area contributed by atoms with Crippen LogP contribution in [0.2, 0.25) is 0 Å². The predicted molar refractivity (Wildman–Crippen MR) is 136 cm³/mol. The summed E-state index contributed by atoms with van der Waals surface area (Å²) in [6, 6.07) is 17.4. The second-order valence-corrected chi connectivity index (χ2v) is 9.26. The molecule has 1 atom stereocenters. The molecule has 8 nitrogen and oxygen atoms in total. The van der Waals surface area contributed by atoms with Crippen molar-refractivity contribution in [3.63, 3.8) is 0 Å². The Bertz CT molecular complexity index is 1320. The first-order valence-corrected chi connectivity index (χ1v) is 11.7. The van der Waals surface area contributed by atoms with Crippen molar-refractivity contribution >= 4 is 41.0 Å². The third-order valence-electron chi connectivity index (χ3n) is 5.10. The number of anilines is 2. The van der Waals surface area contributed by atoms with E-state index < -0.39 is 17.2 Å². The van der Waals surface area contributed by atoms with Gasteiger partial charge in [0.2, 0.25) is 5.91 Å². The number of aromatic nitrogens is 1. The summed E-state index contributed by atoms with van der Waals surface area (Å²) in [6.07, 6.45) is 0. The number of carbonyl (C=O) groups is 3. The Morgan fingerprint density at radius 1 is 1.00 bits per heavy atom. The van der Waals surface area contributed by atoms with Gasteiger partial charge in [0.15, 0.2) is 0 Å². The van der Waals surface area contributed by atoms with Crippen LogP contribution in [0.4, 0.5) is 16.2 Å². The van der Waals surface area contributed by atoms with Crippen molar-refractivity contribution in [2.24, 2.45) is 0 Å². The molecule has 1 unspecified atom stereocenters. The Labute approximate surface area is 208 Å². The molecule has 0 bridgehead atoms. The number of amides is 4. The van der Waals surface area contributed by atoms with Crippen LogP contribution in [0.3, 0.4) is 0 Å². The van der Waals surface area contributed by atoms with Crippen molar-refractivity contribution in [2.75, 3.05) is 10.6 Å². The van der Waals surface area contributed by atoms with E-state index in [2.05, 4.69) is 20.9 Å². The number of hydrogen-bond donors (Lipinski definition) is 3. The van der Waals surface area contributed by atoms with Crippen LogP contribution in [0.25, 0.3) is 0 Å². The van der Waals surface area contributed by atoms with E-state index in [1.54, 1.807) is 44.2 Å². The van der Waals surface area contributed by atoms with Gasteiger partial charge < -0.3 is 10.6 Å². The minimum Gasteiger partial charge on any atom is -0.322 e. The molecule has 9 heteroatoms. The highest BCUT2D eigenvalue weighted by Gasteiger charge is 2.22. The first-order valence-electron chi connectivity index (χ1n) is 10.8. The fourth-order valence-corrected chi connectivity index (χ4v) is 4.17. The fourth-order valence-electron chi connectivity index (χ4n) is 3.24. The van der Waals surface area contributed by atoms with Crippen molar-refractivity contribution in [1.82, 2.24) is 10.3 Å². The van der Waals surface area contributed by atoms with E-state index in [1.165, 1.54) is 6.07 Å². The molecule has 1 aromatic heterocycles. The summed E-state index contributed by atoms with van der Waals surface area (Å²) in [6.45, 7) is 7.09. The molecule has 3 rings (SSSR count). The number of para-hydroxylation sites is 1. The number of pyridine rings is 1. The van der Waals surface area contributed by atoms with Gasteiger partial charge in [0, 0.05) is 11.4 Å². The number of benzene rings is 2. The van der Waals surface area contributed by atoms with Crippen molar-refractivity contribution in [3.05, 3.63) is 82.5 Å². The van der Waals surface area contributed by atoms with Gasteiger partial charge in [0.1, 0.15) is 11.1 Å². The van der Waals surface area contributed by atoms with E-state index in [-0.39, 0.29) is 17.0 Å². The molecule has 178 valence electrons. The summed E-state index contributed by atoms with van der Waals surface area (Å²) in [5.41, 5.74) is 4.02. The number of thioether (sulfide) groups is 1. The number of nitrogens with zero attached hydrogens (tertiary/aromatic N) is 2. The Kier molecular flexibility index (Phi) is 8.23. The van der Waals surface area contributed by atoms with Gasteiger partial charge in [-0.25, -0.2) is 9.78 Å². The van der Waals surface area contributed by atoms with Gasteiger partial charge in [0.25, 0.3) is 5.91 Å².